The number of aromatic nitrogens is 5. The Hall–Kier alpha value is -3.04. The molecule has 0 aliphatic heterocycles. The van der Waals surface area contributed by atoms with Gasteiger partial charge >= 0.3 is 0 Å². The molecule has 0 aliphatic rings. The van der Waals surface area contributed by atoms with Crippen LogP contribution >= 0.6 is 22.9 Å². The summed E-state index contributed by atoms with van der Waals surface area (Å²) < 4.78 is 7.22. The molecule has 0 radical (unpaired) electrons. The Labute approximate surface area is 169 Å². The molecule has 0 bridgehead atoms. The van der Waals surface area contributed by atoms with Crippen LogP contribution in [0.5, 0.6) is 5.88 Å². The monoisotopic (exact) mass is 414 g/mol. The minimum Gasteiger partial charge on any atom is -0.467 e. The number of carbonyl (C=O) groups excluding carboxylic acids is 1. The van der Waals surface area contributed by atoms with Gasteiger partial charge in [0.15, 0.2) is 6.61 Å². The van der Waals surface area contributed by atoms with Crippen LogP contribution in [0.15, 0.2) is 37.2 Å². The summed E-state index contributed by atoms with van der Waals surface area (Å²) in [7, 11) is 0. The van der Waals surface area contributed by atoms with Crippen molar-refractivity contribution in [1.82, 2.24) is 24.7 Å². The number of fused-ring (bicyclic) bond motifs is 1. The quantitative estimate of drug-likeness (QED) is 0.536. The third kappa shape index (κ3) is 3.54. The number of carbonyl (C=O) groups is 1. The Morgan fingerprint density at radius 2 is 2.14 bits per heavy atom. The molecule has 142 valence electrons. The summed E-state index contributed by atoms with van der Waals surface area (Å²) in [5.41, 5.74) is 2.20. The first-order valence-corrected chi connectivity index (χ1v) is 9.50. The van der Waals surface area contributed by atoms with Crippen molar-refractivity contribution < 1.29 is 9.53 Å². The molecule has 4 aromatic rings. The largest absolute Gasteiger partial charge is 0.467 e. The maximum atomic E-state index is 12.5. The zero-order valence-corrected chi connectivity index (χ0v) is 16.6. The lowest BCUT2D eigenvalue weighted by molar-refractivity contribution is -0.118. The molecule has 1 aromatic carbocycles. The molecule has 28 heavy (non-hydrogen) atoms. The van der Waals surface area contributed by atoms with E-state index in [1.165, 1.54) is 23.7 Å². The third-order valence-electron chi connectivity index (χ3n) is 4.17. The summed E-state index contributed by atoms with van der Waals surface area (Å²) >= 11 is 7.65. The summed E-state index contributed by atoms with van der Waals surface area (Å²) in [5.74, 6) is 0.0459. The van der Waals surface area contributed by atoms with Crippen LogP contribution < -0.4 is 10.1 Å². The van der Waals surface area contributed by atoms with Crippen molar-refractivity contribution in [1.29, 1.82) is 0 Å². The van der Waals surface area contributed by atoms with Crippen LogP contribution in [-0.2, 0) is 4.79 Å². The normalized spacial score (nSPS) is 11.0. The molecule has 0 unspecified atom stereocenters. The lowest BCUT2D eigenvalue weighted by Crippen LogP contribution is -2.21. The van der Waals surface area contributed by atoms with Crippen LogP contribution in [-0.4, -0.2) is 37.2 Å². The van der Waals surface area contributed by atoms with Crippen molar-refractivity contribution in [2.24, 2.45) is 0 Å². The predicted molar refractivity (Wildman–Crippen MR) is 107 cm³/mol. The van der Waals surface area contributed by atoms with Gasteiger partial charge in [0, 0.05) is 9.90 Å². The molecule has 0 spiro atoms. The van der Waals surface area contributed by atoms with Crippen LogP contribution in [0.1, 0.15) is 10.4 Å². The average molecular weight is 415 g/mol. The summed E-state index contributed by atoms with van der Waals surface area (Å²) in [4.78, 5) is 26.8. The number of halogens is 1. The van der Waals surface area contributed by atoms with Gasteiger partial charge in [0.25, 0.3) is 5.91 Å². The number of rotatable bonds is 5. The van der Waals surface area contributed by atoms with Crippen molar-refractivity contribution in [3.63, 3.8) is 0 Å². The summed E-state index contributed by atoms with van der Waals surface area (Å²) in [6, 6.07) is 5.11. The van der Waals surface area contributed by atoms with Gasteiger partial charge in [0.2, 0.25) is 5.88 Å². The highest BCUT2D eigenvalue weighted by atomic mass is 35.5. The van der Waals surface area contributed by atoms with E-state index in [-0.39, 0.29) is 12.5 Å². The molecular weight excluding hydrogens is 400 g/mol. The zero-order valence-electron chi connectivity index (χ0n) is 15.0. The van der Waals surface area contributed by atoms with Crippen LogP contribution in [0.25, 0.3) is 15.9 Å². The van der Waals surface area contributed by atoms with Crippen molar-refractivity contribution in [2.75, 3.05) is 11.9 Å². The standard InChI is InChI=1S/C18H15ClN6O2S/c1-10-11(2)28-18-16(10)17(21-8-22-18)27-6-15(26)24-13-5-12(19)3-4-14(13)25-9-20-7-23-25/h3-5,7-9H,6H2,1-2H3,(H,24,26). The molecular formula is C18H15ClN6O2S. The van der Waals surface area contributed by atoms with Gasteiger partial charge in [0.05, 0.1) is 16.8 Å². The zero-order chi connectivity index (χ0) is 19.7. The molecule has 1 N–H and O–H groups in total. The number of benzene rings is 1. The van der Waals surface area contributed by atoms with Crippen molar-refractivity contribution in [3.8, 4) is 11.6 Å². The van der Waals surface area contributed by atoms with Gasteiger partial charge in [-0.1, -0.05) is 11.6 Å². The predicted octanol–water partition coefficient (Wildman–Crippen LogP) is 3.56. The van der Waals surface area contributed by atoms with Gasteiger partial charge in [-0.2, -0.15) is 5.10 Å². The number of ether oxygens (including phenoxy) is 1. The van der Waals surface area contributed by atoms with E-state index >= 15 is 0 Å². The van der Waals surface area contributed by atoms with Crippen LogP contribution in [0.4, 0.5) is 5.69 Å². The van der Waals surface area contributed by atoms with E-state index < -0.39 is 0 Å². The fourth-order valence-corrected chi connectivity index (χ4v) is 3.88. The Bertz CT molecular complexity index is 1160. The second-order valence-corrected chi connectivity index (χ2v) is 7.62. The number of aryl methyl sites for hydroxylation is 2. The smallest absolute Gasteiger partial charge is 0.262 e. The first-order chi connectivity index (χ1) is 13.5. The Balaban J connectivity index is 1.53. The highest BCUT2D eigenvalue weighted by molar-refractivity contribution is 7.18. The first kappa shape index (κ1) is 18.3. The summed E-state index contributed by atoms with van der Waals surface area (Å²) in [6.07, 6.45) is 4.38. The Morgan fingerprint density at radius 1 is 1.29 bits per heavy atom. The maximum Gasteiger partial charge on any atom is 0.262 e. The third-order valence-corrected chi connectivity index (χ3v) is 5.52. The van der Waals surface area contributed by atoms with Crippen LogP contribution in [0, 0.1) is 13.8 Å². The second kappa shape index (κ2) is 7.53. The van der Waals surface area contributed by atoms with Gasteiger partial charge in [-0.25, -0.2) is 19.6 Å². The summed E-state index contributed by atoms with van der Waals surface area (Å²) in [6.45, 7) is 3.80. The van der Waals surface area contributed by atoms with Gasteiger partial charge in [-0.3, -0.25) is 4.79 Å². The Kier molecular flexibility index (Phi) is 4.93. The van der Waals surface area contributed by atoms with E-state index in [0.29, 0.717) is 22.3 Å². The molecule has 0 saturated heterocycles. The number of hydrogen-bond acceptors (Lipinski definition) is 7. The average Bonchev–Trinajstić information content (AvgIpc) is 3.29. The van der Waals surface area contributed by atoms with E-state index in [1.54, 1.807) is 29.5 Å². The molecule has 0 saturated carbocycles. The van der Waals surface area contributed by atoms with Gasteiger partial charge < -0.3 is 10.1 Å². The minimum atomic E-state index is -0.347. The van der Waals surface area contributed by atoms with E-state index in [1.807, 2.05) is 13.8 Å². The van der Waals surface area contributed by atoms with Gasteiger partial charge in [-0.15, -0.1) is 11.3 Å². The Morgan fingerprint density at radius 3 is 2.93 bits per heavy atom. The van der Waals surface area contributed by atoms with Crippen molar-refractivity contribution >= 4 is 44.7 Å². The molecule has 0 aliphatic carbocycles. The van der Waals surface area contributed by atoms with E-state index in [0.717, 1.165) is 20.7 Å². The summed E-state index contributed by atoms with van der Waals surface area (Å²) in [5, 5.41) is 8.21. The maximum absolute atomic E-state index is 12.5. The van der Waals surface area contributed by atoms with E-state index in [4.69, 9.17) is 16.3 Å². The van der Waals surface area contributed by atoms with Gasteiger partial charge in [-0.05, 0) is 37.6 Å². The van der Waals surface area contributed by atoms with Crippen molar-refractivity contribution in [2.45, 2.75) is 13.8 Å². The topological polar surface area (TPSA) is 94.8 Å². The minimum absolute atomic E-state index is 0.205. The molecule has 3 heterocycles. The molecule has 0 fully saturated rings. The number of hydrogen-bond donors (Lipinski definition) is 1. The molecule has 0 atom stereocenters. The molecule has 4 rings (SSSR count). The molecule has 10 heteroatoms. The van der Waals surface area contributed by atoms with Crippen LogP contribution in [0.3, 0.4) is 0 Å². The number of amides is 1. The van der Waals surface area contributed by atoms with E-state index in [9.17, 15) is 4.79 Å². The fraction of sp³-hybridized carbons (Fsp3) is 0.167. The number of anilines is 1. The SMILES string of the molecule is Cc1sc2ncnc(OCC(=O)Nc3cc(Cl)ccc3-n3cncn3)c2c1C. The molecule has 1 amide bonds. The molecule has 3 aromatic heterocycles. The highest BCUT2D eigenvalue weighted by Gasteiger charge is 2.15. The second-order valence-electron chi connectivity index (χ2n) is 5.98. The van der Waals surface area contributed by atoms with E-state index in [2.05, 4.69) is 25.4 Å². The van der Waals surface area contributed by atoms with Crippen LogP contribution in [0.2, 0.25) is 5.02 Å². The highest BCUT2D eigenvalue weighted by Crippen LogP contribution is 2.33. The van der Waals surface area contributed by atoms with Gasteiger partial charge in [0.1, 0.15) is 23.8 Å². The number of thiophene rings is 1. The number of nitrogens with zero attached hydrogens (tertiary/aromatic N) is 5. The lowest BCUT2D eigenvalue weighted by Gasteiger charge is -2.12. The van der Waals surface area contributed by atoms with Crippen molar-refractivity contribution in [3.05, 3.63) is 52.6 Å². The molecule has 8 nitrogen and oxygen atoms in total. The lowest BCUT2D eigenvalue weighted by atomic mass is 10.2. The first-order valence-electron chi connectivity index (χ1n) is 8.31. The fourth-order valence-electron chi connectivity index (χ4n) is 2.72. The number of nitrogens with one attached hydrogen (secondary N) is 1.